The van der Waals surface area contributed by atoms with Gasteiger partial charge in [-0.3, -0.25) is 0 Å². The van der Waals surface area contributed by atoms with Crippen LogP contribution < -0.4 is 11.1 Å². The largest absolute Gasteiger partial charge is 0.418 e. The van der Waals surface area contributed by atoms with Crippen molar-refractivity contribution in [2.24, 2.45) is 0 Å². The molecule has 1 aromatic carbocycles. The van der Waals surface area contributed by atoms with Crippen LogP contribution in [0.4, 0.5) is 24.5 Å². The third-order valence-corrected chi connectivity index (χ3v) is 3.82. The summed E-state index contributed by atoms with van der Waals surface area (Å²) in [6.45, 7) is 1.69. The molecule has 20 heavy (non-hydrogen) atoms. The van der Waals surface area contributed by atoms with Crippen LogP contribution in [0, 0.1) is 0 Å². The zero-order valence-electron chi connectivity index (χ0n) is 11.5. The topological polar surface area (TPSA) is 41.3 Å². The van der Waals surface area contributed by atoms with Crippen LogP contribution in [0.3, 0.4) is 0 Å². The van der Waals surface area contributed by atoms with Crippen molar-refractivity contribution >= 4 is 11.4 Å². The predicted octanol–water partition coefficient (Wildman–Crippen LogP) is 3.18. The number of rotatable bonds is 3. The first-order valence-electron chi connectivity index (χ1n) is 6.79. The van der Waals surface area contributed by atoms with Crippen LogP contribution in [0.25, 0.3) is 0 Å². The van der Waals surface area contributed by atoms with Crippen LogP contribution >= 0.6 is 0 Å². The highest BCUT2D eigenvalue weighted by molar-refractivity contribution is 5.58. The molecule has 6 heteroatoms. The third-order valence-electron chi connectivity index (χ3n) is 3.82. The Bertz CT molecular complexity index is 459. The van der Waals surface area contributed by atoms with Gasteiger partial charge in [-0.1, -0.05) is 6.42 Å². The van der Waals surface area contributed by atoms with Crippen molar-refractivity contribution in [3.8, 4) is 0 Å². The van der Waals surface area contributed by atoms with Crippen LogP contribution in [0.1, 0.15) is 24.8 Å². The van der Waals surface area contributed by atoms with E-state index >= 15 is 0 Å². The Labute approximate surface area is 116 Å². The van der Waals surface area contributed by atoms with Gasteiger partial charge in [-0.05, 0) is 44.6 Å². The number of nitrogens with zero attached hydrogens (tertiary/aromatic N) is 1. The average Bonchev–Trinajstić information content (AvgIpc) is 2.38. The fourth-order valence-corrected chi connectivity index (χ4v) is 2.55. The lowest BCUT2D eigenvalue weighted by Crippen LogP contribution is -2.40. The number of hydrogen-bond donors (Lipinski definition) is 2. The number of halogens is 3. The Morgan fingerprint density at radius 2 is 2.10 bits per heavy atom. The van der Waals surface area contributed by atoms with Crippen molar-refractivity contribution in [2.45, 2.75) is 31.5 Å². The maximum atomic E-state index is 12.8. The molecule has 0 aromatic heterocycles. The molecule has 1 saturated heterocycles. The summed E-state index contributed by atoms with van der Waals surface area (Å²) in [5, 5.41) is 3.09. The standard InChI is InChI=1S/C14H20F3N3/c1-20-7-3-2-4-11(20)9-19-10-5-6-13(18)12(8-10)14(15,16)17/h5-6,8,11,19H,2-4,7,9,18H2,1H3. The van der Waals surface area contributed by atoms with Gasteiger partial charge in [-0.2, -0.15) is 13.2 Å². The van der Waals surface area contributed by atoms with E-state index in [0.717, 1.165) is 19.0 Å². The number of nitrogen functional groups attached to an aromatic ring is 1. The van der Waals surface area contributed by atoms with Crippen LogP contribution in [0.2, 0.25) is 0 Å². The SMILES string of the molecule is CN1CCCCC1CNc1ccc(N)c(C(F)(F)F)c1. The lowest BCUT2D eigenvalue weighted by Gasteiger charge is -2.32. The predicted molar refractivity (Wildman–Crippen MR) is 74.6 cm³/mol. The van der Waals surface area contributed by atoms with Crippen molar-refractivity contribution in [1.29, 1.82) is 0 Å². The molecule has 0 saturated carbocycles. The van der Waals surface area contributed by atoms with E-state index in [1.807, 2.05) is 0 Å². The van der Waals surface area contributed by atoms with Gasteiger partial charge >= 0.3 is 6.18 Å². The first-order chi connectivity index (χ1) is 9.38. The zero-order valence-corrected chi connectivity index (χ0v) is 11.5. The first-order valence-corrected chi connectivity index (χ1v) is 6.79. The summed E-state index contributed by atoms with van der Waals surface area (Å²) >= 11 is 0. The minimum atomic E-state index is -4.41. The highest BCUT2D eigenvalue weighted by Crippen LogP contribution is 2.35. The highest BCUT2D eigenvalue weighted by atomic mass is 19.4. The summed E-state index contributed by atoms with van der Waals surface area (Å²) in [5.74, 6) is 0. The quantitative estimate of drug-likeness (QED) is 0.839. The molecule has 1 heterocycles. The van der Waals surface area contributed by atoms with Gasteiger partial charge in [0, 0.05) is 24.0 Å². The van der Waals surface area contributed by atoms with Crippen molar-refractivity contribution in [3.63, 3.8) is 0 Å². The van der Waals surface area contributed by atoms with E-state index in [-0.39, 0.29) is 5.69 Å². The molecule has 1 aliphatic heterocycles. The third kappa shape index (κ3) is 3.56. The Morgan fingerprint density at radius 1 is 1.35 bits per heavy atom. The van der Waals surface area contributed by atoms with Gasteiger partial charge in [-0.15, -0.1) is 0 Å². The highest BCUT2D eigenvalue weighted by Gasteiger charge is 2.33. The molecule has 1 aromatic rings. The average molecular weight is 287 g/mol. The number of nitrogens with one attached hydrogen (secondary N) is 1. The number of likely N-dealkylation sites (N-methyl/N-ethyl adjacent to an activating group) is 1. The lowest BCUT2D eigenvalue weighted by atomic mass is 10.0. The Hall–Kier alpha value is -1.43. The van der Waals surface area contributed by atoms with Crippen molar-refractivity contribution in [2.75, 3.05) is 31.2 Å². The number of anilines is 2. The number of likely N-dealkylation sites (tertiary alicyclic amines) is 1. The summed E-state index contributed by atoms with van der Waals surface area (Å²) < 4.78 is 38.3. The summed E-state index contributed by atoms with van der Waals surface area (Å²) in [5.41, 5.74) is 4.83. The van der Waals surface area contributed by atoms with Crippen molar-refractivity contribution < 1.29 is 13.2 Å². The lowest BCUT2D eigenvalue weighted by molar-refractivity contribution is -0.136. The van der Waals surface area contributed by atoms with E-state index in [4.69, 9.17) is 5.73 Å². The van der Waals surface area contributed by atoms with E-state index < -0.39 is 11.7 Å². The van der Waals surface area contributed by atoms with Gasteiger partial charge in [0.2, 0.25) is 0 Å². The number of hydrogen-bond acceptors (Lipinski definition) is 3. The molecular formula is C14H20F3N3. The van der Waals surface area contributed by atoms with Crippen LogP contribution in [0.15, 0.2) is 18.2 Å². The van der Waals surface area contributed by atoms with Gasteiger partial charge in [0.15, 0.2) is 0 Å². The monoisotopic (exact) mass is 287 g/mol. The first kappa shape index (κ1) is 15.0. The normalized spacial score (nSPS) is 20.9. The van der Waals surface area contributed by atoms with E-state index in [1.54, 1.807) is 6.07 Å². The van der Waals surface area contributed by atoms with Crippen LogP contribution in [-0.2, 0) is 6.18 Å². The molecule has 3 N–H and O–H groups in total. The van der Waals surface area contributed by atoms with Gasteiger partial charge in [-0.25, -0.2) is 0 Å². The molecule has 1 unspecified atom stereocenters. The maximum Gasteiger partial charge on any atom is 0.418 e. The fourth-order valence-electron chi connectivity index (χ4n) is 2.55. The van der Waals surface area contributed by atoms with Crippen molar-refractivity contribution in [3.05, 3.63) is 23.8 Å². The summed E-state index contributed by atoms with van der Waals surface area (Å²) in [6, 6.07) is 4.34. The van der Waals surface area contributed by atoms with E-state index in [2.05, 4.69) is 17.3 Å². The second-order valence-electron chi connectivity index (χ2n) is 5.31. The Morgan fingerprint density at radius 3 is 2.75 bits per heavy atom. The summed E-state index contributed by atoms with van der Waals surface area (Å²) in [7, 11) is 2.05. The molecule has 1 fully saturated rings. The van der Waals surface area contributed by atoms with Crippen molar-refractivity contribution in [1.82, 2.24) is 4.90 Å². The minimum absolute atomic E-state index is 0.238. The molecule has 1 atom stereocenters. The Balaban J connectivity index is 2.03. The van der Waals surface area contributed by atoms with Gasteiger partial charge in [0.1, 0.15) is 0 Å². The number of benzene rings is 1. The minimum Gasteiger partial charge on any atom is -0.398 e. The van der Waals surface area contributed by atoms with E-state index in [0.29, 0.717) is 18.3 Å². The van der Waals surface area contributed by atoms with Crippen LogP contribution in [0.5, 0.6) is 0 Å². The molecular weight excluding hydrogens is 267 g/mol. The molecule has 112 valence electrons. The molecule has 0 aliphatic carbocycles. The molecule has 0 radical (unpaired) electrons. The number of alkyl halides is 3. The zero-order chi connectivity index (χ0) is 14.8. The smallest absolute Gasteiger partial charge is 0.398 e. The molecule has 1 aliphatic rings. The molecule has 0 bridgehead atoms. The summed E-state index contributed by atoms with van der Waals surface area (Å²) in [6.07, 6.45) is -0.979. The number of nitrogens with two attached hydrogens (primary N) is 1. The molecule has 2 rings (SSSR count). The van der Waals surface area contributed by atoms with Gasteiger partial charge in [0.25, 0.3) is 0 Å². The fraction of sp³-hybridized carbons (Fsp3) is 0.571. The number of piperidine rings is 1. The van der Waals surface area contributed by atoms with E-state index in [1.165, 1.54) is 18.9 Å². The maximum absolute atomic E-state index is 12.8. The second kappa shape index (κ2) is 5.91. The molecule has 0 amide bonds. The summed E-state index contributed by atoms with van der Waals surface area (Å²) in [4.78, 5) is 2.25. The van der Waals surface area contributed by atoms with Gasteiger partial charge < -0.3 is 16.0 Å². The van der Waals surface area contributed by atoms with E-state index in [9.17, 15) is 13.2 Å². The Kier molecular flexibility index (Phi) is 4.42. The second-order valence-corrected chi connectivity index (χ2v) is 5.31. The van der Waals surface area contributed by atoms with Crippen LogP contribution in [-0.4, -0.2) is 31.1 Å². The molecule has 0 spiro atoms. The molecule has 3 nitrogen and oxygen atoms in total. The van der Waals surface area contributed by atoms with Gasteiger partial charge in [0.05, 0.1) is 5.56 Å².